The third-order valence-corrected chi connectivity index (χ3v) is 6.57. The molecule has 1 amide bonds. The monoisotopic (exact) mass is 638 g/mol. The van der Waals surface area contributed by atoms with Crippen molar-refractivity contribution in [1.29, 1.82) is 0 Å². The molecular weight excluding hydrogens is 620 g/mol. The molecule has 0 unspecified atom stereocenters. The maximum atomic E-state index is 13.4. The van der Waals surface area contributed by atoms with E-state index in [1.54, 1.807) is 48.5 Å². The molecule has 5 rings (SSSR count). The molecule has 0 fully saturated rings. The maximum absolute atomic E-state index is 13.4. The first kappa shape index (κ1) is 28.7. The van der Waals surface area contributed by atoms with Crippen molar-refractivity contribution in [3.63, 3.8) is 0 Å². The van der Waals surface area contributed by atoms with Crippen molar-refractivity contribution in [2.24, 2.45) is 5.10 Å². The van der Waals surface area contributed by atoms with Crippen LogP contribution in [-0.4, -0.2) is 28.4 Å². The van der Waals surface area contributed by atoms with Crippen LogP contribution in [0.15, 0.2) is 105 Å². The number of ether oxygens (including phenoxy) is 1. The lowest BCUT2D eigenvalue weighted by Gasteiger charge is -2.12. The molecule has 0 radical (unpaired) electrons. The SMILES string of the molecule is O=C(COc1ccc(C=Nn2c(-c3cccc(C(F)(F)F)c3)nc3ccccc3c2=O)cc1Br)Nc1cccc(F)c1. The van der Waals surface area contributed by atoms with Gasteiger partial charge in [-0.2, -0.15) is 22.9 Å². The molecular formula is C30H19BrF4N4O3. The lowest BCUT2D eigenvalue weighted by molar-refractivity contribution is -0.137. The second-order valence-corrected chi connectivity index (χ2v) is 9.78. The van der Waals surface area contributed by atoms with Gasteiger partial charge in [0.05, 0.1) is 27.2 Å². The van der Waals surface area contributed by atoms with Gasteiger partial charge in [0.1, 0.15) is 11.6 Å². The van der Waals surface area contributed by atoms with E-state index in [1.165, 1.54) is 36.5 Å². The van der Waals surface area contributed by atoms with Gasteiger partial charge in [-0.15, -0.1) is 0 Å². The number of halogens is 5. The number of hydrogen-bond acceptors (Lipinski definition) is 5. The summed E-state index contributed by atoms with van der Waals surface area (Å²) in [7, 11) is 0. The lowest BCUT2D eigenvalue weighted by atomic mass is 10.1. The van der Waals surface area contributed by atoms with Crippen LogP contribution < -0.4 is 15.6 Å². The second-order valence-electron chi connectivity index (χ2n) is 8.93. The van der Waals surface area contributed by atoms with Crippen molar-refractivity contribution in [2.75, 3.05) is 11.9 Å². The number of carbonyl (C=O) groups is 1. The van der Waals surface area contributed by atoms with Crippen molar-refractivity contribution in [3.05, 3.63) is 123 Å². The summed E-state index contributed by atoms with van der Waals surface area (Å²) in [5, 5.41) is 7.04. The Morgan fingerprint density at radius 2 is 1.79 bits per heavy atom. The zero-order valence-electron chi connectivity index (χ0n) is 21.4. The molecule has 42 heavy (non-hydrogen) atoms. The first-order valence-electron chi connectivity index (χ1n) is 12.3. The van der Waals surface area contributed by atoms with Crippen LogP contribution in [0.2, 0.25) is 0 Å². The summed E-state index contributed by atoms with van der Waals surface area (Å²) in [5.74, 6) is -0.721. The molecule has 7 nitrogen and oxygen atoms in total. The van der Waals surface area contributed by atoms with Crippen LogP contribution in [0.5, 0.6) is 5.75 Å². The Morgan fingerprint density at radius 1 is 1.00 bits per heavy atom. The van der Waals surface area contributed by atoms with Crippen LogP contribution in [0.1, 0.15) is 11.1 Å². The van der Waals surface area contributed by atoms with E-state index in [2.05, 4.69) is 31.3 Å². The Morgan fingerprint density at radius 3 is 2.55 bits per heavy atom. The summed E-state index contributed by atoms with van der Waals surface area (Å²) in [5.41, 5.74) is -0.279. The molecule has 212 valence electrons. The highest BCUT2D eigenvalue weighted by atomic mass is 79.9. The predicted molar refractivity (Wildman–Crippen MR) is 154 cm³/mol. The topological polar surface area (TPSA) is 85.6 Å². The summed E-state index contributed by atoms with van der Waals surface area (Å²) in [4.78, 5) is 30.0. The second kappa shape index (κ2) is 12.0. The van der Waals surface area contributed by atoms with Gasteiger partial charge in [0.15, 0.2) is 12.4 Å². The molecule has 1 aromatic heterocycles. The van der Waals surface area contributed by atoms with Gasteiger partial charge in [-0.25, -0.2) is 9.37 Å². The van der Waals surface area contributed by atoms with E-state index < -0.39 is 29.0 Å². The zero-order chi connectivity index (χ0) is 29.9. The van der Waals surface area contributed by atoms with Gasteiger partial charge >= 0.3 is 6.18 Å². The summed E-state index contributed by atoms with van der Waals surface area (Å²) in [6, 6.07) is 21.2. The molecule has 0 aliphatic rings. The van der Waals surface area contributed by atoms with Crippen molar-refractivity contribution < 1.29 is 27.1 Å². The number of carbonyl (C=O) groups excluding carboxylic acids is 1. The first-order chi connectivity index (χ1) is 20.1. The number of nitrogens with one attached hydrogen (secondary N) is 1. The number of para-hydroxylation sites is 1. The van der Waals surface area contributed by atoms with E-state index in [1.807, 2.05) is 0 Å². The number of benzene rings is 4. The highest BCUT2D eigenvalue weighted by Crippen LogP contribution is 2.32. The van der Waals surface area contributed by atoms with Crippen molar-refractivity contribution >= 4 is 44.6 Å². The van der Waals surface area contributed by atoms with Gasteiger partial charge < -0.3 is 10.1 Å². The largest absolute Gasteiger partial charge is 0.483 e. The van der Waals surface area contributed by atoms with Gasteiger partial charge in [0.2, 0.25) is 0 Å². The van der Waals surface area contributed by atoms with Crippen LogP contribution in [0.25, 0.3) is 22.3 Å². The molecule has 1 N–H and O–H groups in total. The number of fused-ring (bicyclic) bond motifs is 1. The van der Waals surface area contributed by atoms with Crippen LogP contribution in [0.4, 0.5) is 23.2 Å². The van der Waals surface area contributed by atoms with E-state index in [-0.39, 0.29) is 29.1 Å². The maximum Gasteiger partial charge on any atom is 0.416 e. The lowest BCUT2D eigenvalue weighted by Crippen LogP contribution is -2.20. The summed E-state index contributed by atoms with van der Waals surface area (Å²) in [6.45, 7) is -0.346. The first-order valence-corrected chi connectivity index (χ1v) is 13.1. The highest BCUT2D eigenvalue weighted by molar-refractivity contribution is 9.10. The molecule has 12 heteroatoms. The van der Waals surface area contributed by atoms with Crippen molar-refractivity contribution in [1.82, 2.24) is 9.66 Å². The molecule has 0 saturated heterocycles. The van der Waals surface area contributed by atoms with Crippen LogP contribution in [0.3, 0.4) is 0 Å². The summed E-state index contributed by atoms with van der Waals surface area (Å²) < 4.78 is 60.5. The number of nitrogens with zero attached hydrogens (tertiary/aromatic N) is 3. The minimum atomic E-state index is -4.59. The van der Waals surface area contributed by atoms with Gasteiger partial charge in [-0.05, 0) is 82.2 Å². The normalized spacial score (nSPS) is 11.6. The highest BCUT2D eigenvalue weighted by Gasteiger charge is 2.31. The number of amides is 1. The Hall–Kier alpha value is -4.84. The van der Waals surface area contributed by atoms with E-state index in [0.29, 0.717) is 21.3 Å². The third-order valence-electron chi connectivity index (χ3n) is 5.95. The van der Waals surface area contributed by atoms with Gasteiger partial charge in [0, 0.05) is 11.3 Å². The molecule has 0 spiro atoms. The Bertz CT molecular complexity index is 1890. The fraction of sp³-hybridized carbons (Fsp3) is 0.0667. The molecule has 0 bridgehead atoms. The van der Waals surface area contributed by atoms with Crippen LogP contribution in [-0.2, 0) is 11.0 Å². The quantitative estimate of drug-likeness (QED) is 0.155. The van der Waals surface area contributed by atoms with E-state index in [4.69, 9.17) is 4.74 Å². The number of anilines is 1. The fourth-order valence-electron chi connectivity index (χ4n) is 4.00. The molecule has 0 aliphatic heterocycles. The molecule has 4 aromatic carbocycles. The average molecular weight is 639 g/mol. The smallest absolute Gasteiger partial charge is 0.416 e. The Labute approximate surface area is 244 Å². The zero-order valence-corrected chi connectivity index (χ0v) is 23.0. The minimum absolute atomic E-state index is 0.0614. The molecule has 1 heterocycles. The third kappa shape index (κ3) is 6.55. The molecule has 0 saturated carbocycles. The Balaban J connectivity index is 1.41. The van der Waals surface area contributed by atoms with Gasteiger partial charge in [-0.1, -0.05) is 30.3 Å². The number of alkyl halides is 3. The number of rotatable bonds is 7. The predicted octanol–water partition coefficient (Wildman–Crippen LogP) is 6.88. The average Bonchev–Trinajstić information content (AvgIpc) is 2.96. The molecule has 0 atom stereocenters. The van der Waals surface area contributed by atoms with E-state index >= 15 is 0 Å². The number of aromatic nitrogens is 2. The standard InChI is InChI=1S/C30H19BrF4N4O3/c31-24-13-18(11-12-26(24)42-17-27(40)37-22-8-4-7-21(32)15-22)16-36-39-28(19-5-3-6-20(14-19)30(33,34)35)38-25-10-2-1-9-23(25)29(39)41/h1-16H,17H2,(H,37,40). The van der Waals surface area contributed by atoms with E-state index in [0.717, 1.165) is 16.8 Å². The molecule has 5 aromatic rings. The van der Waals surface area contributed by atoms with Crippen molar-refractivity contribution in [2.45, 2.75) is 6.18 Å². The van der Waals surface area contributed by atoms with Gasteiger partial charge in [0.25, 0.3) is 11.5 Å². The van der Waals surface area contributed by atoms with Crippen LogP contribution in [0, 0.1) is 5.82 Å². The van der Waals surface area contributed by atoms with E-state index in [9.17, 15) is 27.2 Å². The minimum Gasteiger partial charge on any atom is -0.483 e. The van der Waals surface area contributed by atoms with Crippen LogP contribution >= 0.6 is 15.9 Å². The van der Waals surface area contributed by atoms with Gasteiger partial charge in [-0.3, -0.25) is 9.59 Å². The number of hydrogen-bond donors (Lipinski definition) is 1. The summed E-state index contributed by atoms with van der Waals surface area (Å²) in [6.07, 6.45) is -3.24. The summed E-state index contributed by atoms with van der Waals surface area (Å²) >= 11 is 3.37. The Kier molecular flexibility index (Phi) is 8.16. The van der Waals surface area contributed by atoms with Crippen molar-refractivity contribution in [3.8, 4) is 17.1 Å². The fourth-order valence-corrected chi connectivity index (χ4v) is 4.51. The molecule has 0 aliphatic carbocycles.